The molecule has 0 aromatic heterocycles. The molecule has 0 radical (unpaired) electrons. The molecule has 0 saturated heterocycles. The van der Waals surface area contributed by atoms with Crippen LogP contribution in [0.2, 0.25) is 5.54 Å². The van der Waals surface area contributed by atoms with Crippen LogP contribution in [0.15, 0.2) is 0 Å². The molecule has 0 saturated carbocycles. The van der Waals surface area contributed by atoms with Crippen molar-refractivity contribution in [3.8, 4) is 0 Å². The summed E-state index contributed by atoms with van der Waals surface area (Å²) in [5.74, 6) is 0. The van der Waals surface area contributed by atoms with Gasteiger partial charge in [0.05, 0.1) is 9.68 Å². The molecular weight excluding hydrogens is 138 g/mol. The Hall–Kier alpha value is 0.177. The van der Waals surface area contributed by atoms with Crippen LogP contribution >= 0.6 is 0 Å². The molecule has 0 aliphatic heterocycles. The number of unbranched alkanes of at least 4 members (excludes halogenated alkanes) is 1. The maximum absolute atomic E-state index is 5.74. The molecule has 2 heteroatoms. The van der Waals surface area contributed by atoms with Crippen molar-refractivity contribution in [1.82, 2.24) is 0 Å². The molecule has 0 rings (SSSR count). The summed E-state index contributed by atoms with van der Waals surface area (Å²) in [6, 6.07) is 0. The minimum absolute atomic E-state index is 0.203. The lowest BCUT2D eigenvalue weighted by atomic mass is 10.1. The van der Waals surface area contributed by atoms with E-state index in [1.54, 1.807) is 0 Å². The standard InChI is InChI=1S/C8H21NSi/c1-3-5-7-8(10-9)6-4-2/h8H,3-7,9-10H2,1-2H3. The molecule has 0 amide bonds. The van der Waals surface area contributed by atoms with Crippen molar-refractivity contribution >= 4 is 9.68 Å². The average Bonchev–Trinajstić information content (AvgIpc) is 1.98. The van der Waals surface area contributed by atoms with Crippen molar-refractivity contribution in [3.05, 3.63) is 0 Å². The maximum Gasteiger partial charge on any atom is 0.0919 e. The van der Waals surface area contributed by atoms with Crippen LogP contribution in [0.5, 0.6) is 0 Å². The van der Waals surface area contributed by atoms with Crippen LogP contribution in [0.3, 0.4) is 0 Å². The Morgan fingerprint density at radius 3 is 2.30 bits per heavy atom. The summed E-state index contributed by atoms with van der Waals surface area (Å²) in [4.78, 5) is 0. The predicted octanol–water partition coefficient (Wildman–Crippen LogP) is 1.81. The molecule has 0 aliphatic rings. The predicted molar refractivity (Wildman–Crippen MR) is 50.9 cm³/mol. The highest BCUT2D eigenvalue weighted by Crippen LogP contribution is 2.17. The Morgan fingerprint density at radius 2 is 1.90 bits per heavy atom. The van der Waals surface area contributed by atoms with Gasteiger partial charge in [0.15, 0.2) is 0 Å². The first kappa shape index (κ1) is 10.2. The molecule has 0 spiro atoms. The van der Waals surface area contributed by atoms with Gasteiger partial charge < -0.3 is 5.40 Å². The van der Waals surface area contributed by atoms with Crippen LogP contribution in [0.1, 0.15) is 46.0 Å². The van der Waals surface area contributed by atoms with Crippen LogP contribution in [-0.2, 0) is 0 Å². The van der Waals surface area contributed by atoms with E-state index in [2.05, 4.69) is 13.8 Å². The second-order valence-corrected chi connectivity index (χ2v) is 4.66. The normalized spacial score (nSPS) is 14.7. The van der Waals surface area contributed by atoms with Crippen LogP contribution in [-0.4, -0.2) is 9.68 Å². The van der Waals surface area contributed by atoms with E-state index in [9.17, 15) is 0 Å². The van der Waals surface area contributed by atoms with Gasteiger partial charge in [-0.25, -0.2) is 0 Å². The molecule has 0 heterocycles. The summed E-state index contributed by atoms with van der Waals surface area (Å²) in [7, 11) is -0.203. The molecule has 2 N–H and O–H groups in total. The lowest BCUT2D eigenvalue weighted by Gasteiger charge is -2.10. The van der Waals surface area contributed by atoms with Gasteiger partial charge in [0.2, 0.25) is 0 Å². The van der Waals surface area contributed by atoms with E-state index in [0.717, 1.165) is 5.54 Å². The Balaban J connectivity index is 3.21. The molecule has 0 fully saturated rings. The van der Waals surface area contributed by atoms with Crippen molar-refractivity contribution in [2.24, 2.45) is 5.40 Å². The van der Waals surface area contributed by atoms with E-state index >= 15 is 0 Å². The summed E-state index contributed by atoms with van der Waals surface area (Å²) < 4.78 is 0. The molecular formula is C8H21NSi. The first-order valence-electron chi connectivity index (χ1n) is 4.55. The van der Waals surface area contributed by atoms with Gasteiger partial charge in [-0.1, -0.05) is 46.0 Å². The number of nitrogens with two attached hydrogens (primary N) is 1. The van der Waals surface area contributed by atoms with Gasteiger partial charge in [-0.3, -0.25) is 0 Å². The highest BCUT2D eigenvalue weighted by Gasteiger charge is 2.03. The molecule has 10 heavy (non-hydrogen) atoms. The Bertz CT molecular complexity index is 66.3. The molecule has 1 unspecified atom stereocenters. The zero-order valence-electron chi connectivity index (χ0n) is 7.40. The van der Waals surface area contributed by atoms with E-state index in [1.165, 1.54) is 32.1 Å². The third-order valence-corrected chi connectivity index (χ3v) is 3.48. The van der Waals surface area contributed by atoms with Gasteiger partial charge in [0.25, 0.3) is 0 Å². The van der Waals surface area contributed by atoms with Gasteiger partial charge in [-0.15, -0.1) is 0 Å². The fourth-order valence-corrected chi connectivity index (χ4v) is 2.45. The minimum atomic E-state index is -0.203. The Kier molecular flexibility index (Phi) is 7.41. The second-order valence-electron chi connectivity index (χ2n) is 3.03. The SMILES string of the molecule is CCCCC(CCC)[SiH2]N. The number of hydrogen-bond donors (Lipinski definition) is 1. The van der Waals surface area contributed by atoms with Gasteiger partial charge in [-0.05, 0) is 5.54 Å². The first-order chi connectivity index (χ1) is 4.85. The number of hydrogen-bond acceptors (Lipinski definition) is 1. The fourth-order valence-electron chi connectivity index (χ4n) is 1.28. The van der Waals surface area contributed by atoms with E-state index in [-0.39, 0.29) is 9.68 Å². The third kappa shape index (κ3) is 5.00. The lowest BCUT2D eigenvalue weighted by molar-refractivity contribution is 0.618. The van der Waals surface area contributed by atoms with Crippen LogP contribution in [0, 0.1) is 0 Å². The van der Waals surface area contributed by atoms with E-state index in [4.69, 9.17) is 5.40 Å². The van der Waals surface area contributed by atoms with Crippen molar-refractivity contribution in [2.45, 2.75) is 51.5 Å². The summed E-state index contributed by atoms with van der Waals surface area (Å²) in [5, 5.41) is 5.74. The summed E-state index contributed by atoms with van der Waals surface area (Å²) in [5.41, 5.74) is 0.935. The molecule has 0 aliphatic carbocycles. The average molecular weight is 159 g/mol. The van der Waals surface area contributed by atoms with Crippen LogP contribution in [0.25, 0.3) is 0 Å². The topological polar surface area (TPSA) is 26.0 Å². The smallest absolute Gasteiger partial charge is 0.0919 e. The summed E-state index contributed by atoms with van der Waals surface area (Å²) in [6.07, 6.45) is 6.80. The van der Waals surface area contributed by atoms with E-state index in [1.807, 2.05) is 0 Å². The van der Waals surface area contributed by atoms with E-state index < -0.39 is 0 Å². The lowest BCUT2D eigenvalue weighted by Crippen LogP contribution is -2.13. The largest absolute Gasteiger partial charge is 0.355 e. The maximum atomic E-state index is 5.74. The zero-order chi connectivity index (χ0) is 7.82. The molecule has 0 bridgehead atoms. The van der Waals surface area contributed by atoms with Crippen molar-refractivity contribution in [3.63, 3.8) is 0 Å². The summed E-state index contributed by atoms with van der Waals surface area (Å²) >= 11 is 0. The molecule has 0 aromatic carbocycles. The van der Waals surface area contributed by atoms with Crippen molar-refractivity contribution < 1.29 is 0 Å². The molecule has 1 nitrogen and oxygen atoms in total. The first-order valence-corrected chi connectivity index (χ1v) is 6.18. The highest BCUT2D eigenvalue weighted by molar-refractivity contribution is 6.33. The van der Waals surface area contributed by atoms with Crippen molar-refractivity contribution in [2.75, 3.05) is 0 Å². The molecule has 62 valence electrons. The quantitative estimate of drug-likeness (QED) is 0.588. The third-order valence-electron chi connectivity index (χ3n) is 2.00. The van der Waals surface area contributed by atoms with Gasteiger partial charge in [0.1, 0.15) is 0 Å². The van der Waals surface area contributed by atoms with Crippen LogP contribution in [0.4, 0.5) is 0 Å². The molecule has 1 atom stereocenters. The van der Waals surface area contributed by atoms with Gasteiger partial charge >= 0.3 is 0 Å². The van der Waals surface area contributed by atoms with Gasteiger partial charge in [-0.2, -0.15) is 0 Å². The Morgan fingerprint density at radius 1 is 1.20 bits per heavy atom. The summed E-state index contributed by atoms with van der Waals surface area (Å²) in [6.45, 7) is 4.50. The zero-order valence-corrected chi connectivity index (χ0v) is 8.81. The van der Waals surface area contributed by atoms with E-state index in [0.29, 0.717) is 0 Å². The molecule has 0 aromatic rings. The number of rotatable bonds is 6. The Labute approximate surface area is 67.3 Å². The highest BCUT2D eigenvalue weighted by atomic mass is 28.2. The van der Waals surface area contributed by atoms with Crippen molar-refractivity contribution in [1.29, 1.82) is 0 Å². The van der Waals surface area contributed by atoms with Crippen LogP contribution < -0.4 is 5.40 Å². The monoisotopic (exact) mass is 159 g/mol. The minimum Gasteiger partial charge on any atom is -0.355 e. The fraction of sp³-hybridized carbons (Fsp3) is 1.00. The van der Waals surface area contributed by atoms with Gasteiger partial charge in [0, 0.05) is 0 Å². The second kappa shape index (κ2) is 7.29.